The van der Waals surface area contributed by atoms with E-state index in [4.69, 9.17) is 11.6 Å². The molecule has 25 heavy (non-hydrogen) atoms. The van der Waals surface area contributed by atoms with E-state index in [2.05, 4.69) is 25.0 Å². The van der Waals surface area contributed by atoms with Gasteiger partial charge in [0.15, 0.2) is 5.82 Å². The fourth-order valence-electron chi connectivity index (χ4n) is 4.04. The average molecular weight is 359 g/mol. The van der Waals surface area contributed by atoms with E-state index in [1.807, 2.05) is 10.6 Å². The van der Waals surface area contributed by atoms with Crippen LogP contribution in [0.1, 0.15) is 12.0 Å². The normalized spacial score (nSPS) is 23.0. The molecular weight excluding hydrogens is 343 g/mol. The molecule has 0 amide bonds. The Bertz CT molecular complexity index is 924. The Morgan fingerprint density at radius 1 is 1.24 bits per heavy atom. The van der Waals surface area contributed by atoms with E-state index in [0.717, 1.165) is 31.0 Å². The summed E-state index contributed by atoms with van der Waals surface area (Å²) in [7, 11) is 0. The van der Waals surface area contributed by atoms with Gasteiger partial charge in [-0.15, -0.1) is 10.2 Å². The topological polar surface area (TPSA) is 49.6 Å². The predicted octanol–water partition coefficient (Wildman–Crippen LogP) is 2.38. The second kappa shape index (κ2) is 5.64. The van der Waals surface area contributed by atoms with Crippen molar-refractivity contribution >= 4 is 23.1 Å². The van der Waals surface area contributed by atoms with Crippen molar-refractivity contribution in [2.75, 3.05) is 18.0 Å². The van der Waals surface area contributed by atoms with Gasteiger partial charge >= 0.3 is 0 Å². The highest BCUT2D eigenvalue weighted by Gasteiger charge is 2.44. The summed E-state index contributed by atoms with van der Waals surface area (Å²) in [6.45, 7) is 2.27. The highest BCUT2D eigenvalue weighted by atomic mass is 35.5. The lowest BCUT2D eigenvalue weighted by atomic mass is 10.1. The molecule has 2 aromatic heterocycles. The zero-order valence-corrected chi connectivity index (χ0v) is 14.1. The van der Waals surface area contributed by atoms with Crippen molar-refractivity contribution in [3.05, 3.63) is 53.3 Å². The summed E-state index contributed by atoms with van der Waals surface area (Å²) in [5.74, 6) is 0.637. The molecule has 5 rings (SSSR count). The van der Waals surface area contributed by atoms with Gasteiger partial charge in [-0.05, 0) is 18.6 Å². The Kier molecular flexibility index (Phi) is 3.39. The van der Waals surface area contributed by atoms with Crippen molar-refractivity contribution in [1.82, 2.24) is 24.5 Å². The molecular formula is C17H16ClFN6. The van der Waals surface area contributed by atoms with Gasteiger partial charge in [-0.1, -0.05) is 17.7 Å². The molecule has 128 valence electrons. The van der Waals surface area contributed by atoms with Gasteiger partial charge in [0, 0.05) is 54.7 Å². The molecule has 2 aliphatic heterocycles. The first-order valence-corrected chi connectivity index (χ1v) is 8.66. The molecule has 2 unspecified atom stereocenters. The number of halogens is 2. The zero-order chi connectivity index (χ0) is 17.0. The summed E-state index contributed by atoms with van der Waals surface area (Å²) in [6, 6.07) is 5.58. The minimum Gasteiger partial charge on any atom is -0.348 e. The highest BCUT2D eigenvalue weighted by Crippen LogP contribution is 2.36. The SMILES string of the molecule is Fc1cccc(Cl)c1CN1CC2CC1CN2c1nccn2cnnc12. The Morgan fingerprint density at radius 2 is 2.16 bits per heavy atom. The lowest BCUT2D eigenvalue weighted by Gasteiger charge is -2.35. The summed E-state index contributed by atoms with van der Waals surface area (Å²) < 4.78 is 16.0. The second-order valence-electron chi connectivity index (χ2n) is 6.64. The van der Waals surface area contributed by atoms with E-state index in [0.29, 0.717) is 29.2 Å². The average Bonchev–Trinajstić information content (AvgIpc) is 3.32. The number of likely N-dealkylation sites (tertiary alicyclic amines) is 1. The summed E-state index contributed by atoms with van der Waals surface area (Å²) in [6.07, 6.45) is 6.35. The molecule has 0 spiro atoms. The van der Waals surface area contributed by atoms with Crippen LogP contribution < -0.4 is 4.90 Å². The van der Waals surface area contributed by atoms with Crippen molar-refractivity contribution in [3.63, 3.8) is 0 Å². The van der Waals surface area contributed by atoms with Crippen LogP contribution >= 0.6 is 11.6 Å². The number of fused-ring (bicyclic) bond motifs is 3. The maximum atomic E-state index is 14.1. The van der Waals surface area contributed by atoms with Crippen LogP contribution in [0.25, 0.3) is 5.65 Å². The molecule has 0 N–H and O–H groups in total. The van der Waals surface area contributed by atoms with E-state index in [-0.39, 0.29) is 5.82 Å². The largest absolute Gasteiger partial charge is 0.348 e. The molecule has 2 saturated heterocycles. The van der Waals surface area contributed by atoms with Gasteiger partial charge in [0.05, 0.1) is 0 Å². The number of benzene rings is 1. The molecule has 2 fully saturated rings. The van der Waals surface area contributed by atoms with Crippen molar-refractivity contribution < 1.29 is 4.39 Å². The van der Waals surface area contributed by atoms with Gasteiger partial charge in [0.2, 0.25) is 5.65 Å². The minimum absolute atomic E-state index is 0.234. The van der Waals surface area contributed by atoms with Crippen molar-refractivity contribution in [2.45, 2.75) is 25.0 Å². The highest BCUT2D eigenvalue weighted by molar-refractivity contribution is 6.31. The van der Waals surface area contributed by atoms with Crippen molar-refractivity contribution in [2.24, 2.45) is 0 Å². The van der Waals surface area contributed by atoms with E-state index in [1.54, 1.807) is 24.7 Å². The second-order valence-corrected chi connectivity index (χ2v) is 7.05. The first-order valence-electron chi connectivity index (χ1n) is 8.28. The quantitative estimate of drug-likeness (QED) is 0.719. The Labute approximate surface area is 148 Å². The third kappa shape index (κ3) is 2.38. The molecule has 1 aromatic carbocycles. The maximum absolute atomic E-state index is 14.1. The monoisotopic (exact) mass is 358 g/mol. The first-order chi connectivity index (χ1) is 12.2. The maximum Gasteiger partial charge on any atom is 0.203 e. The van der Waals surface area contributed by atoms with Crippen molar-refractivity contribution in [1.29, 1.82) is 0 Å². The summed E-state index contributed by atoms with van der Waals surface area (Å²) in [5.41, 5.74) is 1.36. The van der Waals surface area contributed by atoms with Crippen LogP contribution in [0.5, 0.6) is 0 Å². The van der Waals surface area contributed by atoms with E-state index >= 15 is 0 Å². The third-order valence-electron chi connectivity index (χ3n) is 5.25. The molecule has 6 nitrogen and oxygen atoms in total. The summed E-state index contributed by atoms with van der Waals surface area (Å²) in [4.78, 5) is 9.13. The number of aromatic nitrogens is 4. The van der Waals surface area contributed by atoms with Crippen LogP contribution in [0.3, 0.4) is 0 Å². The summed E-state index contributed by atoms with van der Waals surface area (Å²) >= 11 is 6.18. The van der Waals surface area contributed by atoms with Crippen LogP contribution in [0, 0.1) is 5.82 Å². The molecule has 2 bridgehead atoms. The Morgan fingerprint density at radius 3 is 2.96 bits per heavy atom. The van der Waals surface area contributed by atoms with Gasteiger partial charge in [0.25, 0.3) is 0 Å². The number of hydrogen-bond acceptors (Lipinski definition) is 5. The zero-order valence-electron chi connectivity index (χ0n) is 13.4. The Balaban J connectivity index is 1.38. The molecule has 8 heteroatoms. The van der Waals surface area contributed by atoms with Crippen LogP contribution in [0.4, 0.5) is 10.2 Å². The predicted molar refractivity (Wildman–Crippen MR) is 92.1 cm³/mol. The molecule has 3 aromatic rings. The van der Waals surface area contributed by atoms with Crippen LogP contribution in [-0.2, 0) is 6.54 Å². The van der Waals surface area contributed by atoms with Crippen LogP contribution in [-0.4, -0.2) is 49.7 Å². The molecule has 0 saturated carbocycles. The molecule has 0 aliphatic carbocycles. The fraction of sp³-hybridized carbons (Fsp3) is 0.353. The lowest BCUT2D eigenvalue weighted by Crippen LogP contribution is -2.46. The molecule has 4 heterocycles. The minimum atomic E-state index is -0.234. The van der Waals surface area contributed by atoms with Crippen LogP contribution in [0.15, 0.2) is 36.9 Å². The number of nitrogens with zero attached hydrogens (tertiary/aromatic N) is 6. The van der Waals surface area contributed by atoms with Gasteiger partial charge < -0.3 is 4.90 Å². The van der Waals surface area contributed by atoms with Gasteiger partial charge in [-0.3, -0.25) is 9.30 Å². The molecule has 2 atom stereocenters. The third-order valence-corrected chi connectivity index (χ3v) is 5.60. The fourth-order valence-corrected chi connectivity index (χ4v) is 4.26. The van der Waals surface area contributed by atoms with E-state index in [1.165, 1.54) is 6.07 Å². The van der Waals surface area contributed by atoms with E-state index in [9.17, 15) is 4.39 Å². The molecule has 2 aliphatic rings. The number of anilines is 1. The van der Waals surface area contributed by atoms with Gasteiger partial charge in [-0.25, -0.2) is 9.37 Å². The molecule has 0 radical (unpaired) electrons. The van der Waals surface area contributed by atoms with Crippen molar-refractivity contribution in [3.8, 4) is 0 Å². The van der Waals surface area contributed by atoms with Crippen LogP contribution in [0.2, 0.25) is 5.02 Å². The standard InChI is InChI=1S/C17H16ClFN6/c18-14-2-1-3-15(19)13(14)9-24-7-12-6-11(24)8-25(12)16-17-22-21-10-23(17)5-4-20-16/h1-5,10-12H,6-9H2. The van der Waals surface area contributed by atoms with Gasteiger partial charge in [0.1, 0.15) is 12.1 Å². The number of rotatable bonds is 3. The Hall–Kier alpha value is -2.25. The number of hydrogen-bond donors (Lipinski definition) is 0. The first kappa shape index (κ1) is 15.0. The number of piperazine rings is 1. The smallest absolute Gasteiger partial charge is 0.203 e. The summed E-state index contributed by atoms with van der Waals surface area (Å²) in [5, 5.41) is 8.65. The lowest BCUT2D eigenvalue weighted by molar-refractivity contribution is 0.227. The van der Waals surface area contributed by atoms with E-state index < -0.39 is 0 Å². The van der Waals surface area contributed by atoms with Gasteiger partial charge in [-0.2, -0.15) is 0 Å².